The average molecular weight is 498 g/mol. The third-order valence-electron chi connectivity index (χ3n) is 5.15. The van der Waals surface area contributed by atoms with Crippen molar-refractivity contribution in [2.75, 3.05) is 26.5 Å². The molecule has 8 nitrogen and oxygen atoms in total. The first kappa shape index (κ1) is 24.2. The van der Waals surface area contributed by atoms with Gasteiger partial charge in [0.25, 0.3) is 18.2 Å². The number of benzene rings is 1. The number of alkyl halides is 2. The van der Waals surface area contributed by atoms with Gasteiger partial charge in [-0.25, -0.2) is 8.78 Å². The zero-order valence-electron chi connectivity index (χ0n) is 19.1. The smallest absolute Gasteiger partial charge is 0.271 e. The summed E-state index contributed by atoms with van der Waals surface area (Å²) in [5.41, 5.74) is 0.261. The van der Waals surface area contributed by atoms with Crippen LogP contribution in [-0.2, 0) is 0 Å². The van der Waals surface area contributed by atoms with E-state index in [0.717, 1.165) is 24.2 Å². The zero-order valence-corrected chi connectivity index (χ0v) is 19.9. The molecule has 0 spiro atoms. The van der Waals surface area contributed by atoms with Gasteiger partial charge in [0.05, 0.1) is 12.7 Å². The first-order chi connectivity index (χ1) is 16.8. The van der Waals surface area contributed by atoms with E-state index in [1.54, 1.807) is 14.1 Å². The van der Waals surface area contributed by atoms with Gasteiger partial charge in [-0.15, -0.1) is 10.2 Å². The summed E-state index contributed by atoms with van der Waals surface area (Å²) in [6, 6.07) is 5.25. The van der Waals surface area contributed by atoms with E-state index in [1.807, 2.05) is 0 Å². The summed E-state index contributed by atoms with van der Waals surface area (Å²) in [7, 11) is 4.50. The minimum atomic E-state index is -2.74. The number of nitrogens with one attached hydrogen (secondary N) is 1. The van der Waals surface area contributed by atoms with Crippen LogP contribution < -0.4 is 10.1 Å². The van der Waals surface area contributed by atoms with E-state index in [1.165, 1.54) is 42.5 Å². The molecule has 35 heavy (non-hydrogen) atoms. The molecule has 0 unspecified atom stereocenters. The van der Waals surface area contributed by atoms with Crippen LogP contribution in [0.3, 0.4) is 0 Å². The number of nitrogens with zero attached hydrogens (tertiary/aromatic N) is 4. The highest BCUT2D eigenvalue weighted by Crippen LogP contribution is 2.36. The molecule has 0 radical (unpaired) electrons. The predicted molar refractivity (Wildman–Crippen MR) is 127 cm³/mol. The third kappa shape index (κ3) is 5.60. The Morgan fingerprint density at radius 3 is 2.63 bits per heavy atom. The standard InChI is InChI=1S/C24H21F2N5O3S/c1-31(2)23(33)18-11-15(16-10-14(21(25)26)7-8-19(16)34-3)17(12-27-18)22(32)28-24-30-29-20(35-24)9-6-13-4-5-13/h7-8,10-13,21H,4-5H2,1-3H3,(H,28,30,32). The van der Waals surface area contributed by atoms with Gasteiger partial charge in [0, 0.05) is 42.9 Å². The number of halogens is 2. The van der Waals surface area contributed by atoms with Crippen molar-refractivity contribution >= 4 is 28.3 Å². The lowest BCUT2D eigenvalue weighted by Gasteiger charge is -2.16. The number of methoxy groups -OCH3 is 1. The maximum atomic E-state index is 13.5. The van der Waals surface area contributed by atoms with Crippen molar-refractivity contribution in [2.24, 2.45) is 5.92 Å². The molecule has 0 aliphatic heterocycles. The van der Waals surface area contributed by atoms with Gasteiger partial charge in [-0.1, -0.05) is 17.3 Å². The lowest BCUT2D eigenvalue weighted by molar-refractivity contribution is 0.0821. The van der Waals surface area contributed by atoms with E-state index < -0.39 is 18.2 Å². The van der Waals surface area contributed by atoms with Crippen molar-refractivity contribution in [3.05, 3.63) is 52.3 Å². The fourth-order valence-electron chi connectivity index (χ4n) is 3.16. The van der Waals surface area contributed by atoms with Crippen LogP contribution in [0.15, 0.2) is 30.5 Å². The highest BCUT2D eigenvalue weighted by Gasteiger charge is 2.23. The summed E-state index contributed by atoms with van der Waals surface area (Å²) in [5.74, 6) is 5.66. The Balaban J connectivity index is 1.74. The van der Waals surface area contributed by atoms with Crippen LogP contribution in [0.2, 0.25) is 0 Å². The molecule has 180 valence electrons. The number of amides is 2. The number of anilines is 1. The van der Waals surface area contributed by atoms with E-state index in [-0.39, 0.29) is 38.8 Å². The van der Waals surface area contributed by atoms with Crippen molar-refractivity contribution in [2.45, 2.75) is 19.3 Å². The van der Waals surface area contributed by atoms with Gasteiger partial charge in [-0.2, -0.15) is 0 Å². The Morgan fingerprint density at radius 1 is 1.20 bits per heavy atom. The van der Waals surface area contributed by atoms with Gasteiger partial charge in [0.2, 0.25) is 5.13 Å². The summed E-state index contributed by atoms with van der Waals surface area (Å²) in [6.07, 6.45) is 0.643. The number of carbonyl (C=O) groups is 2. The van der Waals surface area contributed by atoms with Crippen LogP contribution in [0.4, 0.5) is 13.9 Å². The highest BCUT2D eigenvalue weighted by molar-refractivity contribution is 7.15. The third-order valence-corrected chi connectivity index (χ3v) is 5.90. The van der Waals surface area contributed by atoms with Gasteiger partial charge in [-0.3, -0.25) is 19.9 Å². The second kappa shape index (κ2) is 10.1. The Hall–Kier alpha value is -3.91. The normalized spacial score (nSPS) is 12.6. The number of hydrogen-bond donors (Lipinski definition) is 1. The molecule has 11 heteroatoms. The van der Waals surface area contributed by atoms with Crippen molar-refractivity contribution in [1.82, 2.24) is 20.1 Å². The van der Waals surface area contributed by atoms with Crippen LogP contribution in [0.5, 0.6) is 5.75 Å². The molecule has 2 amide bonds. The number of ether oxygens (including phenoxy) is 1. The molecular weight excluding hydrogens is 476 g/mol. The molecule has 1 fully saturated rings. The van der Waals surface area contributed by atoms with Crippen LogP contribution in [0.1, 0.15) is 50.7 Å². The average Bonchev–Trinajstić information content (AvgIpc) is 3.58. The number of aromatic nitrogens is 3. The maximum Gasteiger partial charge on any atom is 0.271 e. The molecule has 0 bridgehead atoms. The number of rotatable bonds is 6. The summed E-state index contributed by atoms with van der Waals surface area (Å²) in [5, 5.41) is 11.3. The van der Waals surface area contributed by atoms with Crippen molar-refractivity contribution < 1.29 is 23.1 Å². The minimum Gasteiger partial charge on any atom is -0.496 e. The number of hydrogen-bond acceptors (Lipinski definition) is 7. The summed E-state index contributed by atoms with van der Waals surface area (Å²) in [6.45, 7) is 0. The second-order valence-electron chi connectivity index (χ2n) is 7.99. The number of pyridine rings is 1. The highest BCUT2D eigenvalue weighted by atomic mass is 32.1. The summed E-state index contributed by atoms with van der Waals surface area (Å²) in [4.78, 5) is 31.2. The van der Waals surface area contributed by atoms with E-state index >= 15 is 0 Å². The fraction of sp³-hybridized carbons (Fsp3) is 0.292. The second-order valence-corrected chi connectivity index (χ2v) is 8.96. The molecule has 3 aromatic rings. The maximum absolute atomic E-state index is 13.5. The molecule has 0 atom stereocenters. The lowest BCUT2D eigenvalue weighted by Crippen LogP contribution is -2.23. The molecule has 1 aromatic carbocycles. The van der Waals surface area contributed by atoms with Crippen LogP contribution in [-0.4, -0.2) is 53.1 Å². The molecule has 1 N–H and O–H groups in total. The Bertz CT molecular complexity index is 1340. The molecule has 2 aromatic heterocycles. The molecular formula is C24H21F2N5O3S. The van der Waals surface area contributed by atoms with Crippen molar-refractivity contribution in [3.63, 3.8) is 0 Å². The fourth-order valence-corrected chi connectivity index (χ4v) is 3.76. The number of carbonyl (C=O) groups excluding carboxylic acids is 2. The van der Waals surface area contributed by atoms with Crippen molar-refractivity contribution in [1.29, 1.82) is 0 Å². The molecule has 4 rings (SSSR count). The molecule has 1 saturated carbocycles. The molecule has 0 saturated heterocycles. The van der Waals surface area contributed by atoms with Crippen LogP contribution in [0.25, 0.3) is 11.1 Å². The van der Waals surface area contributed by atoms with Crippen LogP contribution in [0, 0.1) is 17.8 Å². The van der Waals surface area contributed by atoms with Gasteiger partial charge in [0.15, 0.2) is 5.01 Å². The SMILES string of the molecule is COc1ccc(C(F)F)cc1-c1cc(C(=O)N(C)C)ncc1C(=O)Nc1nnc(C#CC2CC2)s1. The predicted octanol–water partition coefficient (Wildman–Crippen LogP) is 4.26. The first-order valence-electron chi connectivity index (χ1n) is 10.6. The van der Waals surface area contributed by atoms with E-state index in [9.17, 15) is 18.4 Å². The van der Waals surface area contributed by atoms with Gasteiger partial charge < -0.3 is 9.64 Å². The topological polar surface area (TPSA) is 97.3 Å². The van der Waals surface area contributed by atoms with E-state index in [0.29, 0.717) is 10.9 Å². The molecule has 1 aliphatic rings. The van der Waals surface area contributed by atoms with Gasteiger partial charge in [0.1, 0.15) is 11.4 Å². The lowest BCUT2D eigenvalue weighted by atomic mass is 9.97. The van der Waals surface area contributed by atoms with Gasteiger partial charge in [-0.05, 0) is 43.0 Å². The van der Waals surface area contributed by atoms with Gasteiger partial charge >= 0.3 is 0 Å². The quantitative estimate of drug-likeness (QED) is 0.511. The summed E-state index contributed by atoms with van der Waals surface area (Å²) >= 11 is 1.12. The Labute approximate surface area is 204 Å². The monoisotopic (exact) mass is 497 g/mol. The van der Waals surface area contributed by atoms with Crippen LogP contribution >= 0.6 is 11.3 Å². The van der Waals surface area contributed by atoms with E-state index in [4.69, 9.17) is 4.74 Å². The minimum absolute atomic E-state index is 0.0413. The van der Waals surface area contributed by atoms with Crippen molar-refractivity contribution in [3.8, 4) is 28.7 Å². The first-order valence-corrected chi connectivity index (χ1v) is 11.4. The Kier molecular flexibility index (Phi) is 7.02. The zero-order chi connectivity index (χ0) is 25.1. The van der Waals surface area contributed by atoms with E-state index in [2.05, 4.69) is 32.3 Å². The largest absolute Gasteiger partial charge is 0.496 e. The molecule has 2 heterocycles. The summed E-state index contributed by atoms with van der Waals surface area (Å²) < 4.78 is 32.3. The molecule has 1 aliphatic carbocycles. The Morgan fingerprint density at radius 2 is 1.97 bits per heavy atom.